The molecule has 0 atom stereocenters. The predicted molar refractivity (Wildman–Crippen MR) is 105 cm³/mol. The van der Waals surface area contributed by atoms with Gasteiger partial charge in [0, 0.05) is 16.5 Å². The third-order valence-corrected chi connectivity index (χ3v) is 4.60. The Labute approximate surface area is 164 Å². The van der Waals surface area contributed by atoms with Gasteiger partial charge in [-0.2, -0.15) is 0 Å². The summed E-state index contributed by atoms with van der Waals surface area (Å²) >= 11 is 0. The van der Waals surface area contributed by atoms with E-state index in [2.05, 4.69) is 5.32 Å². The molecule has 3 aromatic carbocycles. The monoisotopic (exact) mass is 389 g/mol. The molecule has 144 valence electrons. The van der Waals surface area contributed by atoms with Gasteiger partial charge in [0.15, 0.2) is 18.1 Å². The zero-order valence-electron chi connectivity index (χ0n) is 15.1. The highest BCUT2D eigenvalue weighted by molar-refractivity contribution is 6.07. The lowest BCUT2D eigenvalue weighted by atomic mass is 10.1. The summed E-state index contributed by atoms with van der Waals surface area (Å²) in [6.45, 7) is -0.288. The lowest BCUT2D eigenvalue weighted by Gasteiger charge is -2.07. The maximum absolute atomic E-state index is 12.2. The highest BCUT2D eigenvalue weighted by atomic mass is 16.7. The van der Waals surface area contributed by atoms with Crippen LogP contribution < -0.4 is 14.8 Å². The number of fused-ring (bicyclic) bond motifs is 4. The molecule has 29 heavy (non-hydrogen) atoms. The van der Waals surface area contributed by atoms with Crippen LogP contribution in [0.3, 0.4) is 0 Å². The molecule has 1 amide bonds. The van der Waals surface area contributed by atoms with Gasteiger partial charge in [-0.1, -0.05) is 18.2 Å². The molecule has 2 heterocycles. The SMILES string of the molecule is O=C(COC(=O)c1ccc2c(c1)OCO2)Nc1ccc2oc3ccccc3c2c1. The molecule has 0 radical (unpaired) electrons. The molecule has 0 fully saturated rings. The van der Waals surface area contributed by atoms with E-state index in [1.54, 1.807) is 24.3 Å². The van der Waals surface area contributed by atoms with Crippen LogP contribution in [-0.4, -0.2) is 25.3 Å². The molecule has 0 saturated carbocycles. The van der Waals surface area contributed by atoms with Crippen LogP contribution in [0.25, 0.3) is 21.9 Å². The fraction of sp³-hybridized carbons (Fsp3) is 0.0909. The Hall–Kier alpha value is -4.00. The fourth-order valence-electron chi connectivity index (χ4n) is 3.24. The van der Waals surface area contributed by atoms with Crippen molar-refractivity contribution in [1.82, 2.24) is 0 Å². The van der Waals surface area contributed by atoms with E-state index in [0.717, 1.165) is 21.9 Å². The lowest BCUT2D eigenvalue weighted by molar-refractivity contribution is -0.119. The van der Waals surface area contributed by atoms with Gasteiger partial charge in [-0.25, -0.2) is 4.79 Å². The number of esters is 1. The van der Waals surface area contributed by atoms with Gasteiger partial charge in [-0.15, -0.1) is 0 Å². The standard InChI is InChI=1S/C22H15NO6/c24-21(11-26-22(25)13-5-7-19-20(9-13)28-12-27-19)23-14-6-8-18-16(10-14)15-3-1-2-4-17(15)29-18/h1-10H,11-12H2,(H,23,24). The molecule has 1 aliphatic rings. The van der Waals surface area contributed by atoms with Gasteiger partial charge in [-0.3, -0.25) is 4.79 Å². The molecule has 7 nitrogen and oxygen atoms in total. The van der Waals surface area contributed by atoms with Gasteiger partial charge in [0.1, 0.15) is 11.2 Å². The summed E-state index contributed by atoms with van der Waals surface area (Å²) in [6, 6.07) is 17.8. The van der Waals surface area contributed by atoms with E-state index in [0.29, 0.717) is 17.2 Å². The first-order chi connectivity index (χ1) is 14.2. The second-order valence-electron chi connectivity index (χ2n) is 6.50. The van der Waals surface area contributed by atoms with E-state index < -0.39 is 18.5 Å². The van der Waals surface area contributed by atoms with Crippen molar-refractivity contribution in [3.8, 4) is 11.5 Å². The number of amides is 1. The normalized spacial score (nSPS) is 12.3. The number of hydrogen-bond donors (Lipinski definition) is 1. The number of carbonyl (C=O) groups is 2. The van der Waals surface area contributed by atoms with Crippen LogP contribution in [0.2, 0.25) is 0 Å². The maximum Gasteiger partial charge on any atom is 0.338 e. The topological polar surface area (TPSA) is 87.0 Å². The number of furan rings is 1. The van der Waals surface area contributed by atoms with E-state index in [1.165, 1.54) is 6.07 Å². The largest absolute Gasteiger partial charge is 0.456 e. The van der Waals surface area contributed by atoms with E-state index in [1.807, 2.05) is 30.3 Å². The summed E-state index contributed by atoms with van der Waals surface area (Å²) in [5.74, 6) is -0.00743. The molecule has 1 N–H and O–H groups in total. The molecule has 5 rings (SSSR count). The Bertz CT molecular complexity index is 1260. The first kappa shape index (κ1) is 17.1. The number of carbonyl (C=O) groups excluding carboxylic acids is 2. The number of hydrogen-bond acceptors (Lipinski definition) is 6. The summed E-state index contributed by atoms with van der Waals surface area (Å²) in [5, 5.41) is 4.60. The second kappa shape index (κ2) is 6.87. The minimum atomic E-state index is -0.616. The van der Waals surface area contributed by atoms with E-state index in [9.17, 15) is 9.59 Å². The Morgan fingerprint density at radius 2 is 1.72 bits per heavy atom. The zero-order valence-corrected chi connectivity index (χ0v) is 15.1. The van der Waals surface area contributed by atoms with Gasteiger partial charge in [0.2, 0.25) is 6.79 Å². The fourth-order valence-corrected chi connectivity index (χ4v) is 3.24. The van der Waals surface area contributed by atoms with Crippen molar-refractivity contribution in [3.05, 3.63) is 66.2 Å². The first-order valence-electron chi connectivity index (χ1n) is 8.95. The van der Waals surface area contributed by atoms with Crippen molar-refractivity contribution < 1.29 is 28.2 Å². The summed E-state index contributed by atoms with van der Waals surface area (Å²) in [4.78, 5) is 24.4. The molecule has 0 aliphatic carbocycles. The minimum absolute atomic E-state index is 0.118. The number of anilines is 1. The van der Waals surface area contributed by atoms with Crippen LogP contribution in [-0.2, 0) is 9.53 Å². The van der Waals surface area contributed by atoms with Crippen LogP contribution in [0, 0.1) is 0 Å². The molecular weight excluding hydrogens is 374 g/mol. The number of rotatable bonds is 4. The highest BCUT2D eigenvalue weighted by Crippen LogP contribution is 2.33. The molecule has 0 unspecified atom stereocenters. The Morgan fingerprint density at radius 1 is 0.897 bits per heavy atom. The van der Waals surface area contributed by atoms with Crippen LogP contribution >= 0.6 is 0 Å². The van der Waals surface area contributed by atoms with Gasteiger partial charge in [-0.05, 0) is 42.5 Å². The number of benzene rings is 3. The third-order valence-electron chi connectivity index (χ3n) is 4.60. The van der Waals surface area contributed by atoms with Gasteiger partial charge in [0.25, 0.3) is 5.91 Å². The Kier molecular flexibility index (Phi) is 4.05. The van der Waals surface area contributed by atoms with Gasteiger partial charge < -0.3 is 23.9 Å². The van der Waals surface area contributed by atoms with Crippen LogP contribution in [0.5, 0.6) is 11.5 Å². The average Bonchev–Trinajstić information content (AvgIpc) is 3.35. The molecule has 7 heteroatoms. The maximum atomic E-state index is 12.2. The summed E-state index contributed by atoms with van der Waals surface area (Å²) in [7, 11) is 0. The molecule has 1 aromatic heterocycles. The second-order valence-corrected chi connectivity index (χ2v) is 6.50. The van der Waals surface area contributed by atoms with Gasteiger partial charge >= 0.3 is 5.97 Å². The van der Waals surface area contributed by atoms with Crippen molar-refractivity contribution in [2.24, 2.45) is 0 Å². The minimum Gasteiger partial charge on any atom is -0.456 e. The molecular formula is C22H15NO6. The first-order valence-corrected chi connectivity index (χ1v) is 8.95. The molecule has 0 bridgehead atoms. The summed E-state index contributed by atoms with van der Waals surface area (Å²) in [5.41, 5.74) is 2.39. The van der Waals surface area contributed by atoms with Gasteiger partial charge in [0.05, 0.1) is 5.56 Å². The predicted octanol–water partition coefficient (Wildman–Crippen LogP) is 4.11. The Morgan fingerprint density at radius 3 is 2.66 bits per heavy atom. The van der Waals surface area contributed by atoms with Crippen LogP contribution in [0.4, 0.5) is 5.69 Å². The highest BCUT2D eigenvalue weighted by Gasteiger charge is 2.18. The molecule has 0 saturated heterocycles. The zero-order chi connectivity index (χ0) is 19.8. The summed E-state index contributed by atoms with van der Waals surface area (Å²) < 4.78 is 21.3. The number of para-hydroxylation sites is 1. The van der Waals surface area contributed by atoms with E-state index in [4.69, 9.17) is 18.6 Å². The third kappa shape index (κ3) is 3.23. The summed E-state index contributed by atoms with van der Waals surface area (Å²) in [6.07, 6.45) is 0. The van der Waals surface area contributed by atoms with Crippen molar-refractivity contribution >= 4 is 39.5 Å². The molecule has 1 aliphatic heterocycles. The van der Waals surface area contributed by atoms with Crippen LogP contribution in [0.15, 0.2) is 65.1 Å². The molecule has 4 aromatic rings. The van der Waals surface area contributed by atoms with Crippen molar-refractivity contribution in [3.63, 3.8) is 0 Å². The average molecular weight is 389 g/mol. The van der Waals surface area contributed by atoms with Crippen molar-refractivity contribution in [2.45, 2.75) is 0 Å². The van der Waals surface area contributed by atoms with E-state index in [-0.39, 0.29) is 12.4 Å². The number of nitrogens with one attached hydrogen (secondary N) is 1. The lowest BCUT2D eigenvalue weighted by Crippen LogP contribution is -2.20. The molecule has 0 spiro atoms. The van der Waals surface area contributed by atoms with Crippen LogP contribution in [0.1, 0.15) is 10.4 Å². The smallest absolute Gasteiger partial charge is 0.338 e. The van der Waals surface area contributed by atoms with Crippen molar-refractivity contribution in [1.29, 1.82) is 0 Å². The Balaban J connectivity index is 1.26. The van der Waals surface area contributed by atoms with E-state index >= 15 is 0 Å². The van der Waals surface area contributed by atoms with Crippen molar-refractivity contribution in [2.75, 3.05) is 18.7 Å². The number of ether oxygens (including phenoxy) is 3. The quantitative estimate of drug-likeness (QED) is 0.529.